The normalized spacial score (nSPS) is 20.4. The Kier molecular flexibility index (Phi) is 6.99. The van der Waals surface area contributed by atoms with Crippen molar-refractivity contribution in [1.82, 2.24) is 34.3 Å². The number of nitrogens with one attached hydrogen (secondary N) is 1. The van der Waals surface area contributed by atoms with Crippen molar-refractivity contribution in [3.8, 4) is 11.1 Å². The summed E-state index contributed by atoms with van der Waals surface area (Å²) in [6.07, 6.45) is 10.5. The number of fused-ring (bicyclic) bond motifs is 2. The lowest BCUT2D eigenvalue weighted by Gasteiger charge is -2.41. The predicted octanol–water partition coefficient (Wildman–Crippen LogP) is 5.72. The van der Waals surface area contributed by atoms with Crippen molar-refractivity contribution >= 4 is 39.4 Å². The van der Waals surface area contributed by atoms with Crippen LogP contribution in [0.1, 0.15) is 42.9 Å². The van der Waals surface area contributed by atoms with E-state index in [0.29, 0.717) is 23.8 Å². The number of nitrogens with zero attached hydrogens (tertiary/aromatic N) is 7. The predicted molar refractivity (Wildman–Crippen MR) is 170 cm³/mol. The maximum atomic E-state index is 6.46. The smallest absolute Gasteiger partial charge is 0.227 e. The third-order valence-electron chi connectivity index (χ3n) is 9.26. The molecule has 42 heavy (non-hydrogen) atoms. The average Bonchev–Trinajstić information content (AvgIpc) is 3.39. The highest BCUT2D eigenvalue weighted by atomic mass is 15.3. The number of aromatic nitrogens is 5. The van der Waals surface area contributed by atoms with Crippen LogP contribution in [0.5, 0.6) is 0 Å². The van der Waals surface area contributed by atoms with Crippen molar-refractivity contribution in [2.24, 2.45) is 0 Å². The second-order valence-electron chi connectivity index (χ2n) is 12.1. The summed E-state index contributed by atoms with van der Waals surface area (Å²) in [5.41, 5.74) is 13.8. The molecular formula is C33H39N9. The van der Waals surface area contributed by atoms with Gasteiger partial charge in [-0.15, -0.1) is 0 Å². The van der Waals surface area contributed by atoms with Gasteiger partial charge < -0.3 is 20.5 Å². The van der Waals surface area contributed by atoms with Crippen LogP contribution in [0, 0.1) is 13.8 Å². The van der Waals surface area contributed by atoms with Crippen LogP contribution in [-0.4, -0.2) is 73.6 Å². The first-order valence-electron chi connectivity index (χ1n) is 15.1. The molecule has 1 saturated heterocycles. The van der Waals surface area contributed by atoms with Gasteiger partial charge in [-0.25, -0.2) is 19.9 Å². The molecule has 0 atom stereocenters. The van der Waals surface area contributed by atoms with Gasteiger partial charge in [0.25, 0.3) is 0 Å². The molecule has 7 rings (SSSR count). The fourth-order valence-electron chi connectivity index (χ4n) is 6.90. The topological polar surface area (TPSA) is 101 Å². The molecule has 9 nitrogen and oxygen atoms in total. The summed E-state index contributed by atoms with van der Waals surface area (Å²) >= 11 is 0. The Morgan fingerprint density at radius 2 is 1.62 bits per heavy atom. The number of hydrogen-bond acceptors (Lipinski definition) is 8. The van der Waals surface area contributed by atoms with E-state index in [0.717, 1.165) is 51.6 Å². The van der Waals surface area contributed by atoms with Crippen molar-refractivity contribution in [3.63, 3.8) is 0 Å². The number of hydrogen-bond donors (Lipinski definition) is 2. The molecule has 216 valence electrons. The first-order chi connectivity index (χ1) is 20.4. The van der Waals surface area contributed by atoms with E-state index in [2.05, 4.69) is 93.1 Å². The molecular weight excluding hydrogens is 522 g/mol. The first kappa shape index (κ1) is 26.8. The summed E-state index contributed by atoms with van der Waals surface area (Å²) in [5.74, 6) is 1.11. The van der Waals surface area contributed by atoms with Gasteiger partial charge in [-0.2, -0.15) is 0 Å². The standard InChI is InChI=1S/C33H39N9/c1-21-16-22(2)27-18-35-33(39-29(27)17-21)38-24-6-4-23(5-7-24)28-19-42(32-30(28)31(34)36-20-37-32)26-10-8-25(9-11-26)41-14-12-40(3)13-15-41/h4-7,16-20,25-26H,8-15H2,1-3H3,(H2,34,36,37)(H,35,38,39). The molecule has 4 heterocycles. The van der Waals surface area contributed by atoms with Gasteiger partial charge in [0, 0.05) is 67.3 Å². The maximum absolute atomic E-state index is 6.46. The summed E-state index contributed by atoms with van der Waals surface area (Å²) in [4.78, 5) is 23.5. The Morgan fingerprint density at radius 1 is 0.881 bits per heavy atom. The van der Waals surface area contributed by atoms with Gasteiger partial charge in [-0.05, 0) is 81.5 Å². The third-order valence-corrected chi connectivity index (χ3v) is 9.26. The SMILES string of the molecule is Cc1cc(C)c2cnc(Nc3ccc(-c4cn(C5CCC(N6CCN(C)CC6)CC5)c5ncnc(N)c45)cc3)nc2c1. The summed E-state index contributed by atoms with van der Waals surface area (Å²) in [7, 11) is 2.22. The average molecular weight is 562 g/mol. The molecule has 1 aliphatic heterocycles. The Hall–Kier alpha value is -4.08. The minimum atomic E-state index is 0.414. The Bertz CT molecular complexity index is 1730. The minimum Gasteiger partial charge on any atom is -0.383 e. The molecule has 3 N–H and O–H groups in total. The van der Waals surface area contributed by atoms with E-state index in [1.165, 1.54) is 50.1 Å². The highest BCUT2D eigenvalue weighted by Crippen LogP contribution is 2.39. The largest absolute Gasteiger partial charge is 0.383 e. The molecule has 0 spiro atoms. The van der Waals surface area contributed by atoms with E-state index >= 15 is 0 Å². The van der Waals surface area contributed by atoms with Crippen molar-refractivity contribution < 1.29 is 0 Å². The van der Waals surface area contributed by atoms with Crippen LogP contribution < -0.4 is 11.1 Å². The van der Waals surface area contributed by atoms with E-state index in [-0.39, 0.29) is 0 Å². The number of nitrogen functional groups attached to an aromatic ring is 1. The van der Waals surface area contributed by atoms with Crippen LogP contribution in [0.3, 0.4) is 0 Å². The molecule has 2 aromatic carbocycles. The molecule has 1 saturated carbocycles. The summed E-state index contributed by atoms with van der Waals surface area (Å²) < 4.78 is 2.36. The summed E-state index contributed by atoms with van der Waals surface area (Å²) in [5, 5.41) is 5.38. The van der Waals surface area contributed by atoms with Gasteiger partial charge in [0.1, 0.15) is 17.8 Å². The number of rotatable bonds is 5. The van der Waals surface area contributed by atoms with Gasteiger partial charge in [-0.1, -0.05) is 18.2 Å². The van der Waals surface area contributed by atoms with Crippen LogP contribution in [0.2, 0.25) is 0 Å². The molecule has 0 amide bonds. The molecule has 1 aliphatic carbocycles. The molecule has 9 heteroatoms. The molecule has 2 fully saturated rings. The molecule has 0 bridgehead atoms. The van der Waals surface area contributed by atoms with Crippen molar-refractivity contribution in [1.29, 1.82) is 0 Å². The highest BCUT2D eigenvalue weighted by Gasteiger charge is 2.30. The van der Waals surface area contributed by atoms with Crippen LogP contribution in [-0.2, 0) is 0 Å². The van der Waals surface area contributed by atoms with Crippen LogP contribution in [0.4, 0.5) is 17.5 Å². The number of anilines is 3. The molecule has 0 radical (unpaired) electrons. The van der Waals surface area contributed by atoms with Crippen LogP contribution in [0.25, 0.3) is 33.1 Å². The lowest BCUT2D eigenvalue weighted by Crippen LogP contribution is -2.49. The molecule has 0 unspecified atom stereocenters. The van der Waals surface area contributed by atoms with E-state index in [1.54, 1.807) is 6.33 Å². The first-order valence-corrected chi connectivity index (χ1v) is 15.1. The number of aryl methyl sites for hydroxylation is 2. The Morgan fingerprint density at radius 3 is 2.38 bits per heavy atom. The fourth-order valence-corrected chi connectivity index (χ4v) is 6.90. The molecule has 3 aromatic heterocycles. The zero-order valence-corrected chi connectivity index (χ0v) is 24.7. The van der Waals surface area contributed by atoms with E-state index in [4.69, 9.17) is 15.7 Å². The lowest BCUT2D eigenvalue weighted by atomic mass is 9.89. The van der Waals surface area contributed by atoms with E-state index < -0.39 is 0 Å². The molecule has 2 aliphatic rings. The minimum absolute atomic E-state index is 0.414. The second kappa shape index (κ2) is 11.0. The van der Waals surface area contributed by atoms with Gasteiger partial charge in [0.05, 0.1) is 10.9 Å². The van der Waals surface area contributed by atoms with Crippen molar-refractivity contribution in [3.05, 3.63) is 66.2 Å². The van der Waals surface area contributed by atoms with Gasteiger partial charge in [-0.3, -0.25) is 4.90 Å². The zero-order valence-electron chi connectivity index (χ0n) is 24.7. The van der Waals surface area contributed by atoms with Gasteiger partial charge in [0.2, 0.25) is 5.95 Å². The number of likely N-dealkylation sites (N-methyl/N-ethyl adjacent to an activating group) is 1. The fraction of sp³-hybridized carbons (Fsp3) is 0.394. The third kappa shape index (κ3) is 5.07. The summed E-state index contributed by atoms with van der Waals surface area (Å²) in [6.45, 7) is 8.90. The van der Waals surface area contributed by atoms with Crippen LogP contribution in [0.15, 0.2) is 55.1 Å². The number of nitrogens with two attached hydrogens (primary N) is 1. The highest BCUT2D eigenvalue weighted by molar-refractivity contribution is 6.00. The van der Waals surface area contributed by atoms with Gasteiger partial charge >= 0.3 is 0 Å². The monoisotopic (exact) mass is 561 g/mol. The number of piperazine rings is 1. The Labute approximate surface area is 246 Å². The second-order valence-corrected chi connectivity index (χ2v) is 12.1. The lowest BCUT2D eigenvalue weighted by molar-refractivity contribution is 0.0828. The van der Waals surface area contributed by atoms with Gasteiger partial charge in [0.15, 0.2) is 0 Å². The quantitative estimate of drug-likeness (QED) is 0.281. The van der Waals surface area contributed by atoms with E-state index in [9.17, 15) is 0 Å². The van der Waals surface area contributed by atoms with Crippen LogP contribution >= 0.6 is 0 Å². The van der Waals surface area contributed by atoms with Crippen molar-refractivity contribution in [2.75, 3.05) is 44.3 Å². The maximum Gasteiger partial charge on any atom is 0.227 e. The Balaban J connectivity index is 1.12. The van der Waals surface area contributed by atoms with E-state index in [1.807, 2.05) is 6.20 Å². The number of benzene rings is 2. The molecule has 5 aromatic rings. The zero-order chi connectivity index (χ0) is 28.8. The summed E-state index contributed by atoms with van der Waals surface area (Å²) in [6, 6.07) is 13.7. The van der Waals surface area contributed by atoms with Crippen molar-refractivity contribution in [2.45, 2.75) is 51.6 Å².